The quantitative estimate of drug-likeness (QED) is 0.733. The van der Waals surface area contributed by atoms with E-state index < -0.39 is 30.7 Å². The van der Waals surface area contributed by atoms with Crippen LogP contribution in [0.3, 0.4) is 0 Å². The summed E-state index contributed by atoms with van der Waals surface area (Å²) in [6, 6.07) is 15.3. The standard InChI is InChI=1S/C19H15F3N2O3S/c1-12(17(25)24-11-19(20,21)22)27-18(26)14-7-3-5-9-16(14)28-15-8-4-2-6-13(15)10-23/h2-9,12H,11H2,1H3,(H,24,25). The first-order valence-corrected chi connectivity index (χ1v) is 8.84. The Labute approximate surface area is 163 Å². The molecule has 0 bridgehead atoms. The van der Waals surface area contributed by atoms with Crippen molar-refractivity contribution in [2.45, 2.75) is 29.0 Å². The molecule has 2 aromatic rings. The van der Waals surface area contributed by atoms with E-state index in [1.54, 1.807) is 47.8 Å². The second kappa shape index (κ2) is 9.28. The molecule has 0 saturated carbocycles. The fourth-order valence-electron chi connectivity index (χ4n) is 2.10. The number of hydrogen-bond donors (Lipinski definition) is 1. The molecule has 0 aliphatic rings. The number of hydrogen-bond acceptors (Lipinski definition) is 5. The van der Waals surface area contributed by atoms with Crippen molar-refractivity contribution in [3.05, 3.63) is 59.7 Å². The van der Waals surface area contributed by atoms with Gasteiger partial charge in [-0.2, -0.15) is 18.4 Å². The van der Waals surface area contributed by atoms with Crippen molar-refractivity contribution in [3.63, 3.8) is 0 Å². The zero-order valence-electron chi connectivity index (χ0n) is 14.6. The molecule has 1 atom stereocenters. The molecule has 0 fully saturated rings. The SMILES string of the molecule is CC(OC(=O)c1ccccc1Sc1ccccc1C#N)C(=O)NCC(F)(F)F. The molecule has 0 heterocycles. The summed E-state index contributed by atoms with van der Waals surface area (Å²) in [5.41, 5.74) is 0.561. The largest absolute Gasteiger partial charge is 0.449 e. The van der Waals surface area contributed by atoms with E-state index in [1.165, 1.54) is 24.8 Å². The van der Waals surface area contributed by atoms with Crippen LogP contribution in [0.5, 0.6) is 0 Å². The molecule has 0 radical (unpaired) electrons. The van der Waals surface area contributed by atoms with E-state index in [0.717, 1.165) is 0 Å². The minimum Gasteiger partial charge on any atom is -0.449 e. The van der Waals surface area contributed by atoms with E-state index in [4.69, 9.17) is 4.74 Å². The highest BCUT2D eigenvalue weighted by Gasteiger charge is 2.29. The van der Waals surface area contributed by atoms with Gasteiger partial charge in [-0.3, -0.25) is 4.79 Å². The maximum atomic E-state index is 12.4. The van der Waals surface area contributed by atoms with Gasteiger partial charge in [-0.1, -0.05) is 36.0 Å². The van der Waals surface area contributed by atoms with E-state index in [0.29, 0.717) is 15.4 Å². The van der Waals surface area contributed by atoms with Gasteiger partial charge in [0.25, 0.3) is 5.91 Å². The second-order valence-electron chi connectivity index (χ2n) is 5.59. The fourth-order valence-corrected chi connectivity index (χ4v) is 3.11. The van der Waals surface area contributed by atoms with E-state index in [-0.39, 0.29) is 5.56 Å². The summed E-state index contributed by atoms with van der Waals surface area (Å²) < 4.78 is 41.5. The molecule has 0 aromatic heterocycles. The van der Waals surface area contributed by atoms with Gasteiger partial charge in [0.2, 0.25) is 0 Å². The van der Waals surface area contributed by atoms with Crippen LogP contribution in [0.1, 0.15) is 22.8 Å². The van der Waals surface area contributed by atoms with Gasteiger partial charge in [0.1, 0.15) is 12.6 Å². The number of halogens is 3. The third kappa shape index (κ3) is 6.03. The van der Waals surface area contributed by atoms with Crippen molar-refractivity contribution in [3.8, 4) is 6.07 Å². The molecule has 146 valence electrons. The van der Waals surface area contributed by atoms with Gasteiger partial charge in [-0.15, -0.1) is 0 Å². The summed E-state index contributed by atoms with van der Waals surface area (Å²) in [7, 11) is 0. The van der Waals surface area contributed by atoms with Gasteiger partial charge >= 0.3 is 12.1 Å². The summed E-state index contributed by atoms with van der Waals surface area (Å²) in [5, 5.41) is 10.8. The molecule has 1 N–H and O–H groups in total. The number of nitrogens with one attached hydrogen (secondary N) is 1. The van der Waals surface area contributed by atoms with Gasteiger partial charge < -0.3 is 10.1 Å². The molecule has 2 rings (SSSR count). The molecule has 1 amide bonds. The number of carbonyl (C=O) groups is 2. The zero-order chi connectivity index (χ0) is 20.7. The lowest BCUT2D eigenvalue weighted by Gasteiger charge is -2.15. The van der Waals surface area contributed by atoms with Gasteiger partial charge in [-0.05, 0) is 31.2 Å². The number of nitriles is 1. The summed E-state index contributed by atoms with van der Waals surface area (Å²) in [6.45, 7) is -0.324. The van der Waals surface area contributed by atoms with Gasteiger partial charge in [0, 0.05) is 9.79 Å². The summed E-state index contributed by atoms with van der Waals surface area (Å²) in [6.07, 6.45) is -5.96. The van der Waals surface area contributed by atoms with Crippen LogP contribution in [0.15, 0.2) is 58.3 Å². The molecule has 0 saturated heterocycles. The van der Waals surface area contributed by atoms with Crippen molar-refractivity contribution in [2.75, 3.05) is 6.54 Å². The highest BCUT2D eigenvalue weighted by atomic mass is 32.2. The summed E-state index contributed by atoms with van der Waals surface area (Å²) in [4.78, 5) is 25.2. The van der Waals surface area contributed by atoms with E-state index in [1.807, 2.05) is 0 Å². The van der Waals surface area contributed by atoms with Crippen LogP contribution in [0.25, 0.3) is 0 Å². The monoisotopic (exact) mass is 408 g/mol. The second-order valence-corrected chi connectivity index (χ2v) is 6.67. The number of amides is 1. The van der Waals surface area contributed by atoms with Crippen LogP contribution in [-0.4, -0.2) is 30.7 Å². The maximum absolute atomic E-state index is 12.4. The molecule has 0 aliphatic carbocycles. The van der Waals surface area contributed by atoms with Crippen molar-refractivity contribution in [1.29, 1.82) is 5.26 Å². The lowest BCUT2D eigenvalue weighted by atomic mass is 10.2. The Morgan fingerprint density at radius 2 is 1.75 bits per heavy atom. The third-order valence-corrected chi connectivity index (χ3v) is 4.60. The molecular formula is C19H15F3N2O3S. The van der Waals surface area contributed by atoms with E-state index in [9.17, 15) is 28.0 Å². The highest BCUT2D eigenvalue weighted by Crippen LogP contribution is 2.33. The number of esters is 1. The molecule has 1 unspecified atom stereocenters. The van der Waals surface area contributed by atoms with Crippen LogP contribution in [0.2, 0.25) is 0 Å². The zero-order valence-corrected chi connectivity index (χ0v) is 15.4. The molecule has 9 heteroatoms. The van der Waals surface area contributed by atoms with Crippen LogP contribution in [-0.2, 0) is 9.53 Å². The smallest absolute Gasteiger partial charge is 0.405 e. The Bertz CT molecular complexity index is 910. The van der Waals surface area contributed by atoms with Crippen LogP contribution >= 0.6 is 11.8 Å². The average Bonchev–Trinajstić information content (AvgIpc) is 2.66. The van der Waals surface area contributed by atoms with E-state index in [2.05, 4.69) is 6.07 Å². The minimum absolute atomic E-state index is 0.135. The lowest BCUT2D eigenvalue weighted by molar-refractivity contribution is -0.143. The number of carbonyl (C=O) groups excluding carboxylic acids is 2. The minimum atomic E-state index is -4.56. The first-order chi connectivity index (χ1) is 13.2. The number of nitrogens with zero attached hydrogens (tertiary/aromatic N) is 1. The summed E-state index contributed by atoms with van der Waals surface area (Å²) >= 11 is 1.17. The van der Waals surface area contributed by atoms with Gasteiger partial charge in [0.15, 0.2) is 6.10 Å². The number of benzene rings is 2. The molecule has 0 spiro atoms. The highest BCUT2D eigenvalue weighted by molar-refractivity contribution is 7.99. The van der Waals surface area contributed by atoms with Crippen molar-refractivity contribution in [2.24, 2.45) is 0 Å². The van der Waals surface area contributed by atoms with Crippen LogP contribution in [0.4, 0.5) is 13.2 Å². The van der Waals surface area contributed by atoms with Crippen LogP contribution < -0.4 is 5.32 Å². The Kier molecular flexibility index (Phi) is 7.06. The first kappa shape index (κ1) is 21.3. The average molecular weight is 408 g/mol. The Hall–Kier alpha value is -2.99. The van der Waals surface area contributed by atoms with Gasteiger partial charge in [-0.25, -0.2) is 4.79 Å². The molecule has 2 aromatic carbocycles. The number of rotatable bonds is 6. The predicted molar refractivity (Wildman–Crippen MR) is 95.7 cm³/mol. The van der Waals surface area contributed by atoms with Crippen molar-refractivity contribution in [1.82, 2.24) is 5.32 Å². The summed E-state index contributed by atoms with van der Waals surface area (Å²) in [5.74, 6) is -1.90. The Balaban J connectivity index is 2.12. The maximum Gasteiger partial charge on any atom is 0.405 e. The molecule has 28 heavy (non-hydrogen) atoms. The number of alkyl halides is 3. The molecule has 0 aliphatic heterocycles. The topological polar surface area (TPSA) is 79.2 Å². The molecule has 5 nitrogen and oxygen atoms in total. The Morgan fingerprint density at radius 3 is 2.39 bits per heavy atom. The van der Waals surface area contributed by atoms with Gasteiger partial charge in [0.05, 0.1) is 11.1 Å². The normalized spacial score (nSPS) is 12.0. The predicted octanol–water partition coefficient (Wildman–Crippen LogP) is 3.93. The van der Waals surface area contributed by atoms with Crippen LogP contribution in [0, 0.1) is 11.3 Å². The molecular weight excluding hydrogens is 393 g/mol. The first-order valence-electron chi connectivity index (χ1n) is 8.02. The van der Waals surface area contributed by atoms with E-state index >= 15 is 0 Å². The fraction of sp³-hybridized carbons (Fsp3) is 0.211. The Morgan fingerprint density at radius 1 is 1.14 bits per heavy atom. The van der Waals surface area contributed by atoms with Crippen molar-refractivity contribution >= 4 is 23.6 Å². The third-order valence-electron chi connectivity index (χ3n) is 3.45. The number of ether oxygens (including phenoxy) is 1. The lowest BCUT2D eigenvalue weighted by Crippen LogP contribution is -2.40. The van der Waals surface area contributed by atoms with Crippen molar-refractivity contribution < 1.29 is 27.5 Å².